The smallest absolute Gasteiger partial charge is 0.336 e. The third kappa shape index (κ3) is 2.40. The Balaban J connectivity index is 2.67. The van der Waals surface area contributed by atoms with Gasteiger partial charge in [-0.1, -0.05) is 24.3 Å². The summed E-state index contributed by atoms with van der Waals surface area (Å²) in [6, 6.07) is 10.8. The maximum atomic E-state index is 11.2. The van der Waals surface area contributed by atoms with Crippen molar-refractivity contribution in [3.63, 3.8) is 0 Å². The lowest BCUT2D eigenvalue weighted by Crippen LogP contribution is -2.05. The molecule has 0 spiro atoms. The molecule has 96 valence electrons. The highest BCUT2D eigenvalue weighted by Crippen LogP contribution is 2.29. The Morgan fingerprint density at radius 3 is 2.16 bits per heavy atom. The first-order chi connectivity index (χ1) is 9.00. The SMILES string of the molecule is Nc1ccccc1-c1ccc(C(=O)O)cc1C(=O)O. The fraction of sp³-hybridized carbons (Fsp3) is 0. The largest absolute Gasteiger partial charge is 0.478 e. The molecule has 0 unspecified atom stereocenters. The summed E-state index contributed by atoms with van der Waals surface area (Å²) in [4.78, 5) is 22.1. The Morgan fingerprint density at radius 1 is 0.895 bits per heavy atom. The van der Waals surface area contributed by atoms with E-state index in [4.69, 9.17) is 10.8 Å². The first kappa shape index (κ1) is 12.6. The lowest BCUT2D eigenvalue weighted by Gasteiger charge is -2.09. The van der Waals surface area contributed by atoms with Crippen molar-refractivity contribution in [1.82, 2.24) is 0 Å². The standard InChI is InChI=1S/C14H11NO4/c15-12-4-2-1-3-10(12)9-6-5-8(13(16)17)7-11(9)14(18)19/h1-7H,15H2,(H,16,17)(H,18,19). The summed E-state index contributed by atoms with van der Waals surface area (Å²) in [5.74, 6) is -2.36. The average Bonchev–Trinajstić information content (AvgIpc) is 2.38. The van der Waals surface area contributed by atoms with Gasteiger partial charge in [-0.05, 0) is 23.8 Å². The van der Waals surface area contributed by atoms with Crippen LogP contribution in [0.2, 0.25) is 0 Å². The molecule has 0 aromatic heterocycles. The van der Waals surface area contributed by atoms with Crippen molar-refractivity contribution >= 4 is 17.6 Å². The minimum absolute atomic E-state index is 0.0735. The van der Waals surface area contributed by atoms with Crippen LogP contribution in [0.15, 0.2) is 42.5 Å². The van der Waals surface area contributed by atoms with E-state index in [1.54, 1.807) is 24.3 Å². The van der Waals surface area contributed by atoms with Crippen LogP contribution < -0.4 is 5.73 Å². The van der Waals surface area contributed by atoms with Crippen LogP contribution in [0.5, 0.6) is 0 Å². The second kappa shape index (κ2) is 4.81. The first-order valence-corrected chi connectivity index (χ1v) is 5.46. The van der Waals surface area contributed by atoms with Crippen LogP contribution in [0.4, 0.5) is 5.69 Å². The van der Waals surface area contributed by atoms with E-state index in [-0.39, 0.29) is 11.1 Å². The summed E-state index contributed by atoms with van der Waals surface area (Å²) in [5, 5.41) is 18.1. The Morgan fingerprint density at radius 2 is 1.58 bits per heavy atom. The quantitative estimate of drug-likeness (QED) is 0.732. The zero-order valence-corrected chi connectivity index (χ0v) is 9.83. The van der Waals surface area contributed by atoms with Gasteiger partial charge >= 0.3 is 11.9 Å². The Labute approximate surface area is 108 Å². The minimum Gasteiger partial charge on any atom is -0.478 e. The second-order valence-electron chi connectivity index (χ2n) is 3.96. The molecule has 0 saturated carbocycles. The van der Waals surface area contributed by atoms with E-state index < -0.39 is 11.9 Å². The van der Waals surface area contributed by atoms with Crippen molar-refractivity contribution in [2.24, 2.45) is 0 Å². The predicted octanol–water partition coefficient (Wildman–Crippen LogP) is 2.33. The summed E-state index contributed by atoms with van der Waals surface area (Å²) >= 11 is 0. The predicted molar refractivity (Wildman–Crippen MR) is 70.2 cm³/mol. The zero-order valence-electron chi connectivity index (χ0n) is 9.83. The molecule has 4 N–H and O–H groups in total. The maximum Gasteiger partial charge on any atom is 0.336 e. The Kier molecular flexibility index (Phi) is 3.20. The normalized spacial score (nSPS) is 10.1. The van der Waals surface area contributed by atoms with E-state index >= 15 is 0 Å². The van der Waals surface area contributed by atoms with E-state index in [0.717, 1.165) is 6.07 Å². The lowest BCUT2D eigenvalue weighted by atomic mass is 9.96. The number of anilines is 1. The van der Waals surface area contributed by atoms with Gasteiger partial charge in [-0.3, -0.25) is 0 Å². The number of hydrogen-bond donors (Lipinski definition) is 3. The number of benzene rings is 2. The fourth-order valence-electron chi connectivity index (χ4n) is 1.83. The number of carboxylic acid groups (broad SMARTS) is 2. The van der Waals surface area contributed by atoms with Crippen molar-refractivity contribution in [2.45, 2.75) is 0 Å². The highest BCUT2D eigenvalue weighted by atomic mass is 16.4. The molecule has 0 aliphatic heterocycles. The molecule has 0 bridgehead atoms. The van der Waals surface area contributed by atoms with Gasteiger partial charge in [0.1, 0.15) is 0 Å². The molecule has 2 rings (SSSR count). The van der Waals surface area contributed by atoms with Gasteiger partial charge in [-0.15, -0.1) is 0 Å². The summed E-state index contributed by atoms with van der Waals surface area (Å²) in [6.45, 7) is 0. The molecule has 19 heavy (non-hydrogen) atoms. The molecule has 5 heteroatoms. The summed E-state index contributed by atoms with van der Waals surface area (Å²) in [5.41, 5.74) is 7.05. The molecule has 0 atom stereocenters. The van der Waals surface area contributed by atoms with E-state index in [1.165, 1.54) is 12.1 Å². The molecule has 5 nitrogen and oxygen atoms in total. The molecule has 0 saturated heterocycles. The molecule has 0 radical (unpaired) electrons. The number of nitrogen functional groups attached to an aromatic ring is 1. The summed E-state index contributed by atoms with van der Waals surface area (Å²) < 4.78 is 0. The monoisotopic (exact) mass is 257 g/mol. The molecule has 0 amide bonds. The van der Waals surface area contributed by atoms with Gasteiger partial charge in [-0.25, -0.2) is 9.59 Å². The van der Waals surface area contributed by atoms with Crippen LogP contribution in [0.3, 0.4) is 0 Å². The van der Waals surface area contributed by atoms with Crippen LogP contribution in [-0.4, -0.2) is 22.2 Å². The van der Waals surface area contributed by atoms with Gasteiger partial charge in [0, 0.05) is 11.3 Å². The molecular formula is C14H11NO4. The number of rotatable bonds is 3. The Bertz CT molecular complexity index is 664. The summed E-state index contributed by atoms with van der Waals surface area (Å²) in [6.07, 6.45) is 0. The average molecular weight is 257 g/mol. The van der Waals surface area contributed by atoms with E-state index in [2.05, 4.69) is 0 Å². The van der Waals surface area contributed by atoms with E-state index in [1.807, 2.05) is 0 Å². The van der Waals surface area contributed by atoms with E-state index in [0.29, 0.717) is 16.8 Å². The van der Waals surface area contributed by atoms with Gasteiger partial charge in [0.2, 0.25) is 0 Å². The van der Waals surface area contributed by atoms with Gasteiger partial charge in [0.05, 0.1) is 11.1 Å². The highest BCUT2D eigenvalue weighted by Gasteiger charge is 2.16. The van der Waals surface area contributed by atoms with Crippen molar-refractivity contribution in [3.05, 3.63) is 53.6 Å². The molecule has 0 fully saturated rings. The third-order valence-corrected chi connectivity index (χ3v) is 2.75. The Hall–Kier alpha value is -2.82. The zero-order chi connectivity index (χ0) is 14.0. The maximum absolute atomic E-state index is 11.2. The van der Waals surface area contributed by atoms with Crippen molar-refractivity contribution in [2.75, 3.05) is 5.73 Å². The number of nitrogens with two attached hydrogens (primary N) is 1. The second-order valence-corrected chi connectivity index (χ2v) is 3.96. The number of carboxylic acids is 2. The van der Waals surface area contributed by atoms with Crippen molar-refractivity contribution < 1.29 is 19.8 Å². The molecular weight excluding hydrogens is 246 g/mol. The molecule has 2 aromatic carbocycles. The topological polar surface area (TPSA) is 101 Å². The van der Waals surface area contributed by atoms with E-state index in [9.17, 15) is 14.7 Å². The number of hydrogen-bond acceptors (Lipinski definition) is 3. The van der Waals surface area contributed by atoms with Gasteiger partial charge < -0.3 is 15.9 Å². The first-order valence-electron chi connectivity index (χ1n) is 5.46. The van der Waals surface area contributed by atoms with Gasteiger partial charge in [-0.2, -0.15) is 0 Å². The number of carbonyl (C=O) groups is 2. The van der Waals surface area contributed by atoms with Crippen LogP contribution in [0, 0.1) is 0 Å². The molecule has 0 aliphatic rings. The fourth-order valence-corrected chi connectivity index (χ4v) is 1.83. The highest BCUT2D eigenvalue weighted by molar-refractivity contribution is 6.00. The number of aromatic carboxylic acids is 2. The van der Waals surface area contributed by atoms with Crippen molar-refractivity contribution in [3.8, 4) is 11.1 Å². The molecule has 0 heterocycles. The molecule has 0 aliphatic carbocycles. The van der Waals surface area contributed by atoms with Gasteiger partial charge in [0.15, 0.2) is 0 Å². The molecule has 2 aromatic rings. The summed E-state index contributed by atoms with van der Waals surface area (Å²) in [7, 11) is 0. The number of para-hydroxylation sites is 1. The third-order valence-electron chi connectivity index (χ3n) is 2.75. The van der Waals surface area contributed by atoms with Gasteiger partial charge in [0.25, 0.3) is 0 Å². The van der Waals surface area contributed by atoms with Crippen LogP contribution in [-0.2, 0) is 0 Å². The van der Waals surface area contributed by atoms with Crippen LogP contribution >= 0.6 is 0 Å². The lowest BCUT2D eigenvalue weighted by molar-refractivity contribution is 0.0696. The van der Waals surface area contributed by atoms with Crippen molar-refractivity contribution in [1.29, 1.82) is 0 Å². The minimum atomic E-state index is -1.19. The van der Waals surface area contributed by atoms with Crippen LogP contribution in [0.1, 0.15) is 20.7 Å². The van der Waals surface area contributed by atoms with Crippen LogP contribution in [0.25, 0.3) is 11.1 Å².